The number of hydrogen-bond donors (Lipinski definition) is 2. The number of carboxylic acids is 1. The molecule has 0 amide bonds. The van der Waals surface area contributed by atoms with E-state index in [9.17, 15) is 9.90 Å². The monoisotopic (exact) mass is 289 g/mol. The Kier molecular flexibility index (Phi) is 5.80. The third kappa shape index (κ3) is 3.85. The summed E-state index contributed by atoms with van der Waals surface area (Å²) in [6.07, 6.45) is 8.12. The molecule has 2 rings (SSSR count). The van der Waals surface area contributed by atoms with Gasteiger partial charge in [0.15, 0.2) is 0 Å². The molecule has 0 heterocycles. The molecule has 1 aliphatic rings. The van der Waals surface area contributed by atoms with Gasteiger partial charge in [-0.05, 0) is 56.8 Å². The summed E-state index contributed by atoms with van der Waals surface area (Å²) in [6, 6.07) is 8.30. The minimum Gasteiger partial charge on any atom is -0.481 e. The molecular weight excluding hydrogens is 262 g/mol. The van der Waals surface area contributed by atoms with Crippen LogP contribution in [0.4, 0.5) is 0 Å². The SMILES string of the molecule is CNCCCCc1cccc(C2(C(=O)O)CCCCC2)c1. The van der Waals surface area contributed by atoms with Crippen molar-refractivity contribution in [2.45, 2.75) is 56.8 Å². The Hall–Kier alpha value is -1.35. The molecule has 1 aromatic carbocycles. The highest BCUT2D eigenvalue weighted by molar-refractivity contribution is 5.81. The second kappa shape index (κ2) is 7.60. The Morgan fingerprint density at radius 2 is 2.00 bits per heavy atom. The lowest BCUT2D eigenvalue weighted by molar-refractivity contribution is -0.145. The first kappa shape index (κ1) is 16.0. The van der Waals surface area contributed by atoms with Gasteiger partial charge in [0.1, 0.15) is 0 Å². The van der Waals surface area contributed by atoms with Gasteiger partial charge in [0.25, 0.3) is 0 Å². The molecule has 0 unspecified atom stereocenters. The molecule has 0 radical (unpaired) electrons. The van der Waals surface area contributed by atoms with Gasteiger partial charge in [-0.25, -0.2) is 0 Å². The van der Waals surface area contributed by atoms with Crippen molar-refractivity contribution < 1.29 is 9.90 Å². The van der Waals surface area contributed by atoms with Gasteiger partial charge in [-0.2, -0.15) is 0 Å². The number of aliphatic carboxylic acids is 1. The lowest BCUT2D eigenvalue weighted by Crippen LogP contribution is -2.37. The Labute approximate surface area is 127 Å². The summed E-state index contributed by atoms with van der Waals surface area (Å²) >= 11 is 0. The zero-order chi connectivity index (χ0) is 15.1. The largest absolute Gasteiger partial charge is 0.481 e. The molecule has 3 nitrogen and oxygen atoms in total. The van der Waals surface area contributed by atoms with Crippen molar-refractivity contribution in [1.82, 2.24) is 5.32 Å². The van der Waals surface area contributed by atoms with E-state index in [1.165, 1.54) is 12.0 Å². The maximum Gasteiger partial charge on any atom is 0.314 e. The molecular formula is C18H27NO2. The van der Waals surface area contributed by atoms with Gasteiger partial charge in [0.05, 0.1) is 5.41 Å². The van der Waals surface area contributed by atoms with Crippen LogP contribution in [0.25, 0.3) is 0 Å². The molecule has 0 aromatic heterocycles. The lowest BCUT2D eigenvalue weighted by atomic mass is 9.69. The van der Waals surface area contributed by atoms with Gasteiger partial charge in [0.2, 0.25) is 0 Å². The third-order valence-electron chi connectivity index (χ3n) is 4.74. The summed E-state index contributed by atoms with van der Waals surface area (Å²) in [6.45, 7) is 1.04. The number of nitrogens with one attached hydrogen (secondary N) is 1. The molecule has 0 saturated heterocycles. The van der Waals surface area contributed by atoms with Crippen molar-refractivity contribution in [3.63, 3.8) is 0 Å². The summed E-state index contributed by atoms with van der Waals surface area (Å²) < 4.78 is 0. The van der Waals surface area contributed by atoms with Crippen LogP contribution in [-0.4, -0.2) is 24.7 Å². The molecule has 2 N–H and O–H groups in total. The molecule has 0 aliphatic heterocycles. The van der Waals surface area contributed by atoms with Gasteiger partial charge in [0, 0.05) is 0 Å². The van der Waals surface area contributed by atoms with Gasteiger partial charge >= 0.3 is 5.97 Å². The average Bonchev–Trinajstić information content (AvgIpc) is 2.52. The van der Waals surface area contributed by atoms with Crippen molar-refractivity contribution >= 4 is 5.97 Å². The van der Waals surface area contributed by atoms with E-state index in [1.54, 1.807) is 0 Å². The first-order valence-electron chi connectivity index (χ1n) is 8.16. The van der Waals surface area contributed by atoms with Crippen LogP contribution in [0, 0.1) is 0 Å². The van der Waals surface area contributed by atoms with Crippen LogP contribution in [0.1, 0.15) is 56.1 Å². The average molecular weight is 289 g/mol. The van der Waals surface area contributed by atoms with Crippen molar-refractivity contribution in [3.8, 4) is 0 Å². The standard InChI is InChI=1S/C18H27NO2/c1-19-13-6-3-8-15-9-7-10-16(14-15)18(17(20)21)11-4-2-5-12-18/h7,9-10,14,19H,2-6,8,11-13H2,1H3,(H,20,21). The molecule has 0 bridgehead atoms. The highest BCUT2D eigenvalue weighted by atomic mass is 16.4. The predicted molar refractivity (Wildman–Crippen MR) is 85.7 cm³/mol. The molecule has 1 aliphatic carbocycles. The van der Waals surface area contributed by atoms with Gasteiger partial charge in [-0.3, -0.25) is 4.79 Å². The van der Waals surface area contributed by atoms with Gasteiger partial charge < -0.3 is 10.4 Å². The second-order valence-electron chi connectivity index (χ2n) is 6.21. The van der Waals surface area contributed by atoms with Gasteiger partial charge in [-0.15, -0.1) is 0 Å². The first-order valence-corrected chi connectivity index (χ1v) is 8.16. The van der Waals surface area contributed by atoms with Crippen molar-refractivity contribution in [2.24, 2.45) is 0 Å². The minimum absolute atomic E-state index is 0.640. The molecule has 0 spiro atoms. The highest BCUT2D eigenvalue weighted by Crippen LogP contribution is 2.40. The Morgan fingerprint density at radius 3 is 2.67 bits per heavy atom. The number of unbranched alkanes of at least 4 members (excludes halogenated alkanes) is 1. The summed E-state index contributed by atoms with van der Waals surface area (Å²) in [7, 11) is 1.97. The molecule has 21 heavy (non-hydrogen) atoms. The summed E-state index contributed by atoms with van der Waals surface area (Å²) in [5.41, 5.74) is 1.65. The fourth-order valence-electron chi connectivity index (χ4n) is 3.44. The van der Waals surface area contributed by atoms with Crippen molar-refractivity contribution in [2.75, 3.05) is 13.6 Å². The Balaban J connectivity index is 2.12. The lowest BCUT2D eigenvalue weighted by Gasteiger charge is -2.34. The Morgan fingerprint density at radius 1 is 1.24 bits per heavy atom. The van der Waals surface area contributed by atoms with Crippen LogP contribution in [-0.2, 0) is 16.6 Å². The van der Waals surface area contributed by atoms with Crippen LogP contribution in [0.3, 0.4) is 0 Å². The van der Waals surface area contributed by atoms with Crippen LogP contribution in [0.15, 0.2) is 24.3 Å². The Bertz CT molecular complexity index is 464. The zero-order valence-electron chi connectivity index (χ0n) is 13.0. The summed E-state index contributed by atoms with van der Waals surface area (Å²) in [5.74, 6) is -0.644. The molecule has 1 saturated carbocycles. The van der Waals surface area contributed by atoms with Gasteiger partial charge in [-0.1, -0.05) is 43.5 Å². The minimum atomic E-state index is -0.644. The van der Waals surface area contributed by atoms with Crippen LogP contribution < -0.4 is 5.32 Å². The van der Waals surface area contributed by atoms with E-state index in [0.29, 0.717) is 0 Å². The maximum atomic E-state index is 11.9. The fraction of sp³-hybridized carbons (Fsp3) is 0.611. The fourth-order valence-corrected chi connectivity index (χ4v) is 3.44. The van der Waals surface area contributed by atoms with Crippen molar-refractivity contribution in [1.29, 1.82) is 0 Å². The molecule has 0 atom stereocenters. The molecule has 1 aromatic rings. The number of carbonyl (C=O) groups is 1. The first-order chi connectivity index (χ1) is 10.2. The molecule has 1 fully saturated rings. The smallest absolute Gasteiger partial charge is 0.314 e. The predicted octanol–water partition coefficient (Wildman–Crippen LogP) is 3.52. The quantitative estimate of drug-likeness (QED) is 0.755. The van der Waals surface area contributed by atoms with Crippen LogP contribution >= 0.6 is 0 Å². The maximum absolute atomic E-state index is 11.9. The van der Waals surface area contributed by atoms with E-state index < -0.39 is 11.4 Å². The van der Waals surface area contributed by atoms with Crippen molar-refractivity contribution in [3.05, 3.63) is 35.4 Å². The summed E-state index contributed by atoms with van der Waals surface area (Å²) in [4.78, 5) is 11.9. The number of rotatable bonds is 7. The van der Waals surface area contributed by atoms with E-state index in [2.05, 4.69) is 17.4 Å². The number of hydrogen-bond acceptors (Lipinski definition) is 2. The second-order valence-corrected chi connectivity index (χ2v) is 6.21. The topological polar surface area (TPSA) is 49.3 Å². The molecule has 116 valence electrons. The van der Waals surface area contributed by atoms with E-state index in [-0.39, 0.29) is 0 Å². The number of aryl methyl sites for hydroxylation is 1. The normalized spacial score (nSPS) is 17.6. The van der Waals surface area contributed by atoms with E-state index in [1.807, 2.05) is 19.2 Å². The number of carboxylic acid groups (broad SMARTS) is 1. The third-order valence-corrected chi connectivity index (χ3v) is 4.74. The highest BCUT2D eigenvalue weighted by Gasteiger charge is 2.41. The van der Waals surface area contributed by atoms with Crippen LogP contribution in [0.2, 0.25) is 0 Å². The molecule has 3 heteroatoms. The summed E-state index contributed by atoms with van der Waals surface area (Å²) in [5, 5.41) is 12.9. The zero-order valence-corrected chi connectivity index (χ0v) is 13.0. The van der Waals surface area contributed by atoms with E-state index >= 15 is 0 Å². The van der Waals surface area contributed by atoms with Crippen LogP contribution in [0.5, 0.6) is 0 Å². The van der Waals surface area contributed by atoms with E-state index in [4.69, 9.17) is 0 Å². The number of benzene rings is 1. The van der Waals surface area contributed by atoms with E-state index in [0.717, 1.165) is 57.1 Å².